The van der Waals surface area contributed by atoms with E-state index in [4.69, 9.17) is 4.74 Å². The second-order valence-electron chi connectivity index (χ2n) is 4.79. The molecule has 84 valence electrons. The summed E-state index contributed by atoms with van der Waals surface area (Å²) in [5.41, 5.74) is 0. The van der Waals surface area contributed by atoms with Crippen molar-refractivity contribution in [1.29, 1.82) is 0 Å². The number of hydrogen-bond donors (Lipinski definition) is 1. The van der Waals surface area contributed by atoms with Crippen LogP contribution in [0.15, 0.2) is 0 Å². The monoisotopic (exact) mass is 200 g/mol. The molecule has 1 aliphatic carbocycles. The van der Waals surface area contributed by atoms with Gasteiger partial charge in [-0.05, 0) is 39.5 Å². The highest BCUT2D eigenvalue weighted by Gasteiger charge is 2.28. The Hall–Kier alpha value is -0.0800. The predicted molar refractivity (Wildman–Crippen MR) is 58.3 cm³/mol. The summed E-state index contributed by atoms with van der Waals surface area (Å²) in [6, 6.07) is 0. The SMILES string of the molecule is CC(C)OC(C(C)O)C1CCCCC1. The topological polar surface area (TPSA) is 29.5 Å². The van der Waals surface area contributed by atoms with Gasteiger partial charge in [0.1, 0.15) is 0 Å². The van der Waals surface area contributed by atoms with Crippen LogP contribution in [0, 0.1) is 5.92 Å². The van der Waals surface area contributed by atoms with Crippen LogP contribution in [0.5, 0.6) is 0 Å². The second kappa shape index (κ2) is 5.72. The van der Waals surface area contributed by atoms with Gasteiger partial charge in [-0.25, -0.2) is 0 Å². The van der Waals surface area contributed by atoms with E-state index in [-0.39, 0.29) is 18.3 Å². The molecule has 1 saturated carbocycles. The molecule has 2 nitrogen and oxygen atoms in total. The van der Waals surface area contributed by atoms with Crippen molar-refractivity contribution < 1.29 is 9.84 Å². The predicted octanol–water partition coefficient (Wildman–Crippen LogP) is 2.74. The van der Waals surface area contributed by atoms with Crippen LogP contribution in [0.1, 0.15) is 52.9 Å². The first-order valence-corrected chi connectivity index (χ1v) is 5.94. The van der Waals surface area contributed by atoms with Crippen molar-refractivity contribution in [3.05, 3.63) is 0 Å². The van der Waals surface area contributed by atoms with E-state index in [0.717, 1.165) is 0 Å². The zero-order valence-corrected chi connectivity index (χ0v) is 9.70. The van der Waals surface area contributed by atoms with Crippen molar-refractivity contribution in [2.24, 2.45) is 5.92 Å². The van der Waals surface area contributed by atoms with Crippen LogP contribution in [-0.2, 0) is 4.74 Å². The summed E-state index contributed by atoms with van der Waals surface area (Å²) in [6.07, 6.45) is 6.34. The molecule has 0 amide bonds. The highest BCUT2D eigenvalue weighted by atomic mass is 16.5. The van der Waals surface area contributed by atoms with Crippen LogP contribution in [0.25, 0.3) is 0 Å². The van der Waals surface area contributed by atoms with Gasteiger partial charge in [-0.1, -0.05) is 19.3 Å². The quantitative estimate of drug-likeness (QED) is 0.756. The van der Waals surface area contributed by atoms with Crippen molar-refractivity contribution >= 4 is 0 Å². The first-order valence-electron chi connectivity index (χ1n) is 5.94. The van der Waals surface area contributed by atoms with E-state index >= 15 is 0 Å². The molecule has 0 bridgehead atoms. The summed E-state index contributed by atoms with van der Waals surface area (Å²) < 4.78 is 5.80. The van der Waals surface area contributed by atoms with E-state index in [1.54, 1.807) is 0 Å². The van der Waals surface area contributed by atoms with Gasteiger partial charge in [-0.3, -0.25) is 0 Å². The number of ether oxygens (including phenoxy) is 1. The average Bonchev–Trinajstić information content (AvgIpc) is 2.15. The molecule has 2 heteroatoms. The van der Waals surface area contributed by atoms with Crippen LogP contribution >= 0.6 is 0 Å². The average molecular weight is 200 g/mol. The van der Waals surface area contributed by atoms with Gasteiger partial charge in [0.2, 0.25) is 0 Å². The molecule has 1 N–H and O–H groups in total. The molecule has 1 fully saturated rings. The summed E-state index contributed by atoms with van der Waals surface area (Å²) in [4.78, 5) is 0. The van der Waals surface area contributed by atoms with Crippen molar-refractivity contribution in [3.63, 3.8) is 0 Å². The molecule has 1 rings (SSSR count). The van der Waals surface area contributed by atoms with Gasteiger partial charge >= 0.3 is 0 Å². The maximum absolute atomic E-state index is 9.69. The van der Waals surface area contributed by atoms with Gasteiger partial charge in [0, 0.05) is 0 Å². The van der Waals surface area contributed by atoms with Crippen LogP contribution < -0.4 is 0 Å². The molecule has 2 unspecified atom stereocenters. The van der Waals surface area contributed by atoms with Gasteiger partial charge in [-0.2, -0.15) is 0 Å². The second-order valence-corrected chi connectivity index (χ2v) is 4.79. The third kappa shape index (κ3) is 3.58. The van der Waals surface area contributed by atoms with Crippen LogP contribution in [0.3, 0.4) is 0 Å². The van der Waals surface area contributed by atoms with E-state index in [9.17, 15) is 5.11 Å². The Bertz CT molecular complexity index is 148. The molecule has 14 heavy (non-hydrogen) atoms. The number of aliphatic hydroxyl groups excluding tert-OH is 1. The van der Waals surface area contributed by atoms with Gasteiger partial charge < -0.3 is 9.84 Å². The Morgan fingerprint density at radius 3 is 2.07 bits per heavy atom. The lowest BCUT2D eigenvalue weighted by Gasteiger charge is -2.33. The smallest absolute Gasteiger partial charge is 0.0862 e. The fraction of sp³-hybridized carbons (Fsp3) is 1.00. The van der Waals surface area contributed by atoms with E-state index < -0.39 is 0 Å². The molecule has 0 aromatic heterocycles. The third-order valence-corrected chi connectivity index (χ3v) is 3.02. The molecular weight excluding hydrogens is 176 g/mol. The van der Waals surface area contributed by atoms with Crippen molar-refractivity contribution in [2.75, 3.05) is 0 Å². The molecule has 1 aliphatic rings. The van der Waals surface area contributed by atoms with Gasteiger partial charge in [-0.15, -0.1) is 0 Å². The molecule has 0 heterocycles. The van der Waals surface area contributed by atoms with E-state index in [2.05, 4.69) is 0 Å². The molecular formula is C12H24O2. The highest BCUT2D eigenvalue weighted by Crippen LogP contribution is 2.30. The minimum atomic E-state index is -0.333. The molecule has 0 spiro atoms. The van der Waals surface area contributed by atoms with E-state index in [1.807, 2.05) is 20.8 Å². The first-order chi connectivity index (χ1) is 6.61. The Balaban J connectivity index is 2.47. The molecule has 2 atom stereocenters. The highest BCUT2D eigenvalue weighted by molar-refractivity contribution is 4.78. The summed E-state index contributed by atoms with van der Waals surface area (Å²) >= 11 is 0. The minimum Gasteiger partial charge on any atom is -0.391 e. The van der Waals surface area contributed by atoms with Gasteiger partial charge in [0.25, 0.3) is 0 Å². The minimum absolute atomic E-state index is 0.0512. The maximum Gasteiger partial charge on any atom is 0.0862 e. The fourth-order valence-corrected chi connectivity index (χ4v) is 2.40. The van der Waals surface area contributed by atoms with Crippen LogP contribution in [-0.4, -0.2) is 23.4 Å². The Morgan fingerprint density at radius 2 is 1.64 bits per heavy atom. The van der Waals surface area contributed by atoms with Gasteiger partial charge in [0.05, 0.1) is 18.3 Å². The van der Waals surface area contributed by atoms with Crippen molar-refractivity contribution in [2.45, 2.75) is 71.2 Å². The first kappa shape index (κ1) is 12.0. The molecule has 0 saturated heterocycles. The fourth-order valence-electron chi connectivity index (χ4n) is 2.40. The molecule has 0 aromatic rings. The Labute approximate surface area is 87.7 Å². The molecule has 0 aliphatic heterocycles. The number of aliphatic hydroxyl groups is 1. The Morgan fingerprint density at radius 1 is 1.07 bits per heavy atom. The number of hydrogen-bond acceptors (Lipinski definition) is 2. The van der Waals surface area contributed by atoms with Gasteiger partial charge in [0.15, 0.2) is 0 Å². The summed E-state index contributed by atoms with van der Waals surface area (Å²) in [5, 5.41) is 9.69. The van der Waals surface area contributed by atoms with Crippen molar-refractivity contribution in [3.8, 4) is 0 Å². The zero-order valence-electron chi connectivity index (χ0n) is 9.70. The van der Waals surface area contributed by atoms with Crippen LogP contribution in [0.2, 0.25) is 0 Å². The number of rotatable bonds is 4. The van der Waals surface area contributed by atoms with E-state index in [1.165, 1.54) is 32.1 Å². The molecule has 0 aromatic carbocycles. The van der Waals surface area contributed by atoms with E-state index in [0.29, 0.717) is 5.92 Å². The summed E-state index contributed by atoms with van der Waals surface area (Å²) in [5.74, 6) is 0.575. The standard InChI is InChI=1S/C12H24O2/c1-9(2)14-12(10(3)13)11-7-5-4-6-8-11/h9-13H,4-8H2,1-3H3. The lowest BCUT2D eigenvalue weighted by Crippen LogP contribution is -2.37. The molecule has 0 radical (unpaired) electrons. The summed E-state index contributed by atoms with van der Waals surface area (Å²) in [7, 11) is 0. The summed E-state index contributed by atoms with van der Waals surface area (Å²) in [6.45, 7) is 5.93. The Kier molecular flexibility index (Phi) is 4.90. The lowest BCUT2D eigenvalue weighted by molar-refractivity contribution is -0.0938. The maximum atomic E-state index is 9.69. The van der Waals surface area contributed by atoms with Crippen LogP contribution in [0.4, 0.5) is 0 Å². The third-order valence-electron chi connectivity index (χ3n) is 3.02. The zero-order chi connectivity index (χ0) is 10.6. The lowest BCUT2D eigenvalue weighted by atomic mass is 9.83. The van der Waals surface area contributed by atoms with Crippen molar-refractivity contribution in [1.82, 2.24) is 0 Å². The normalized spacial score (nSPS) is 23.8. The largest absolute Gasteiger partial charge is 0.391 e.